The first kappa shape index (κ1) is 12.7. The molecule has 15 heavy (non-hydrogen) atoms. The predicted molar refractivity (Wildman–Crippen MR) is 61.8 cm³/mol. The van der Waals surface area contributed by atoms with Crippen LogP contribution < -0.4 is 0 Å². The highest BCUT2D eigenvalue weighted by Gasteiger charge is 2.45. The summed E-state index contributed by atoms with van der Waals surface area (Å²) in [7, 11) is 1.71. The molecule has 2 atom stereocenters. The van der Waals surface area contributed by atoms with Gasteiger partial charge < -0.3 is 4.74 Å². The Morgan fingerprint density at radius 1 is 1.47 bits per heavy atom. The molecule has 1 fully saturated rings. The molecule has 0 aromatic heterocycles. The lowest BCUT2D eigenvalue weighted by molar-refractivity contribution is -0.141. The molecule has 0 N–H and O–H groups in total. The van der Waals surface area contributed by atoms with E-state index in [0.29, 0.717) is 18.3 Å². The van der Waals surface area contributed by atoms with Gasteiger partial charge in [-0.25, -0.2) is 0 Å². The van der Waals surface area contributed by atoms with Crippen LogP contribution in [0.4, 0.5) is 0 Å². The third kappa shape index (κ3) is 2.41. The first-order chi connectivity index (χ1) is 7.04. The van der Waals surface area contributed by atoms with Crippen molar-refractivity contribution in [1.82, 2.24) is 0 Å². The number of methoxy groups -OCH3 is 1. The summed E-state index contributed by atoms with van der Waals surface area (Å²) in [5, 5.41) is 0. The molecular weight excluding hydrogens is 188 g/mol. The maximum absolute atomic E-state index is 12.3. The Labute approximate surface area is 93.4 Å². The zero-order chi connectivity index (χ0) is 11.5. The molecule has 1 saturated carbocycles. The first-order valence-corrected chi connectivity index (χ1v) is 6.08. The largest absolute Gasteiger partial charge is 0.384 e. The van der Waals surface area contributed by atoms with Gasteiger partial charge in [-0.1, -0.05) is 33.6 Å². The monoisotopic (exact) mass is 212 g/mol. The Bertz CT molecular complexity index is 219. The molecule has 1 aliphatic rings. The number of carbonyl (C=O) groups is 1. The molecule has 0 saturated heterocycles. The molecule has 0 radical (unpaired) electrons. The minimum atomic E-state index is -0.193. The van der Waals surface area contributed by atoms with Crippen molar-refractivity contribution in [3.8, 4) is 0 Å². The Balaban J connectivity index is 2.89. The topological polar surface area (TPSA) is 26.3 Å². The lowest BCUT2D eigenvalue weighted by atomic mass is 9.63. The van der Waals surface area contributed by atoms with Crippen LogP contribution in [0.15, 0.2) is 0 Å². The van der Waals surface area contributed by atoms with E-state index in [0.717, 1.165) is 6.42 Å². The molecule has 1 aliphatic carbocycles. The van der Waals surface area contributed by atoms with Crippen LogP contribution in [-0.4, -0.2) is 19.5 Å². The smallest absolute Gasteiger partial charge is 0.144 e. The Kier molecular flexibility index (Phi) is 4.32. The van der Waals surface area contributed by atoms with Crippen LogP contribution in [0.25, 0.3) is 0 Å². The standard InChI is InChI=1S/C13H24O2/c1-10(2)12(14)13(9-15-4)8-6-5-7-11(13)3/h10-11H,5-9H2,1-4H3. The van der Waals surface area contributed by atoms with Gasteiger partial charge in [-0.15, -0.1) is 0 Å². The van der Waals surface area contributed by atoms with E-state index in [2.05, 4.69) is 6.92 Å². The Hall–Kier alpha value is -0.370. The summed E-state index contributed by atoms with van der Waals surface area (Å²) in [5.74, 6) is 0.998. The van der Waals surface area contributed by atoms with Gasteiger partial charge in [0.25, 0.3) is 0 Å². The van der Waals surface area contributed by atoms with Gasteiger partial charge in [0.05, 0.1) is 12.0 Å². The third-order valence-electron chi connectivity index (χ3n) is 3.87. The number of Topliss-reactive ketones (excluding diaryl/α,β-unsaturated/α-hetero) is 1. The van der Waals surface area contributed by atoms with E-state index in [9.17, 15) is 4.79 Å². The van der Waals surface area contributed by atoms with Crippen molar-refractivity contribution in [3.63, 3.8) is 0 Å². The van der Waals surface area contributed by atoms with Gasteiger partial charge in [-0.05, 0) is 18.8 Å². The molecule has 0 bridgehead atoms. The van der Waals surface area contributed by atoms with E-state index >= 15 is 0 Å². The fraction of sp³-hybridized carbons (Fsp3) is 0.923. The summed E-state index contributed by atoms with van der Waals surface area (Å²) in [6.45, 7) is 6.81. The van der Waals surface area contributed by atoms with Gasteiger partial charge >= 0.3 is 0 Å². The van der Waals surface area contributed by atoms with Crippen molar-refractivity contribution in [2.45, 2.75) is 46.5 Å². The number of hydrogen-bond donors (Lipinski definition) is 0. The van der Waals surface area contributed by atoms with Crippen molar-refractivity contribution in [1.29, 1.82) is 0 Å². The summed E-state index contributed by atoms with van der Waals surface area (Å²) in [5.41, 5.74) is -0.193. The number of ether oxygens (including phenoxy) is 1. The maximum atomic E-state index is 12.3. The van der Waals surface area contributed by atoms with Crippen LogP contribution in [0.1, 0.15) is 46.5 Å². The second-order valence-electron chi connectivity index (χ2n) is 5.25. The van der Waals surface area contributed by atoms with Crippen molar-refractivity contribution in [2.24, 2.45) is 17.3 Å². The SMILES string of the molecule is COCC1(C(=O)C(C)C)CCCCC1C. The minimum Gasteiger partial charge on any atom is -0.384 e. The average Bonchev–Trinajstić information content (AvgIpc) is 2.20. The number of ketones is 1. The van der Waals surface area contributed by atoms with Crippen molar-refractivity contribution >= 4 is 5.78 Å². The van der Waals surface area contributed by atoms with E-state index in [-0.39, 0.29) is 11.3 Å². The van der Waals surface area contributed by atoms with Gasteiger partial charge in [-0.2, -0.15) is 0 Å². The van der Waals surface area contributed by atoms with E-state index in [4.69, 9.17) is 4.74 Å². The van der Waals surface area contributed by atoms with Crippen LogP contribution in [0.3, 0.4) is 0 Å². The number of hydrogen-bond acceptors (Lipinski definition) is 2. The van der Waals surface area contributed by atoms with E-state index < -0.39 is 0 Å². The van der Waals surface area contributed by atoms with Gasteiger partial charge in [-0.3, -0.25) is 4.79 Å². The molecule has 0 amide bonds. The zero-order valence-electron chi connectivity index (χ0n) is 10.5. The first-order valence-electron chi connectivity index (χ1n) is 6.08. The fourth-order valence-electron chi connectivity index (χ4n) is 2.90. The molecule has 2 nitrogen and oxygen atoms in total. The summed E-state index contributed by atoms with van der Waals surface area (Å²) < 4.78 is 5.31. The van der Waals surface area contributed by atoms with Crippen molar-refractivity contribution < 1.29 is 9.53 Å². The molecule has 2 heteroatoms. The maximum Gasteiger partial charge on any atom is 0.144 e. The zero-order valence-corrected chi connectivity index (χ0v) is 10.5. The number of carbonyl (C=O) groups excluding carboxylic acids is 1. The van der Waals surface area contributed by atoms with Crippen molar-refractivity contribution in [3.05, 3.63) is 0 Å². The van der Waals surface area contributed by atoms with Crippen LogP contribution >= 0.6 is 0 Å². The van der Waals surface area contributed by atoms with Crippen LogP contribution in [-0.2, 0) is 9.53 Å². The third-order valence-corrected chi connectivity index (χ3v) is 3.87. The summed E-state index contributed by atoms with van der Waals surface area (Å²) >= 11 is 0. The molecule has 0 aromatic carbocycles. The molecule has 0 spiro atoms. The second kappa shape index (κ2) is 5.11. The summed E-state index contributed by atoms with van der Waals surface area (Å²) in [4.78, 5) is 12.3. The van der Waals surface area contributed by atoms with Gasteiger partial charge in [0, 0.05) is 13.0 Å². The highest BCUT2D eigenvalue weighted by molar-refractivity contribution is 5.87. The number of rotatable bonds is 4. The highest BCUT2D eigenvalue weighted by atomic mass is 16.5. The highest BCUT2D eigenvalue weighted by Crippen LogP contribution is 2.43. The Morgan fingerprint density at radius 2 is 2.13 bits per heavy atom. The van der Waals surface area contributed by atoms with E-state index in [1.807, 2.05) is 13.8 Å². The quantitative estimate of drug-likeness (QED) is 0.716. The van der Waals surface area contributed by atoms with Crippen LogP contribution in [0.5, 0.6) is 0 Å². The van der Waals surface area contributed by atoms with Gasteiger partial charge in [0.1, 0.15) is 5.78 Å². The average molecular weight is 212 g/mol. The van der Waals surface area contributed by atoms with Crippen LogP contribution in [0.2, 0.25) is 0 Å². The molecule has 1 rings (SSSR count). The minimum absolute atomic E-state index is 0.126. The lowest BCUT2D eigenvalue weighted by Crippen LogP contribution is -2.45. The molecule has 0 heterocycles. The van der Waals surface area contributed by atoms with Gasteiger partial charge in [0.15, 0.2) is 0 Å². The molecule has 88 valence electrons. The summed E-state index contributed by atoms with van der Waals surface area (Å²) in [6.07, 6.45) is 4.62. The second-order valence-corrected chi connectivity index (χ2v) is 5.25. The van der Waals surface area contributed by atoms with E-state index in [1.165, 1.54) is 19.3 Å². The molecule has 0 aromatic rings. The molecule has 2 unspecified atom stereocenters. The Morgan fingerprint density at radius 3 is 2.60 bits per heavy atom. The van der Waals surface area contributed by atoms with Crippen molar-refractivity contribution in [2.75, 3.05) is 13.7 Å². The fourth-order valence-corrected chi connectivity index (χ4v) is 2.90. The van der Waals surface area contributed by atoms with Gasteiger partial charge in [0.2, 0.25) is 0 Å². The molecular formula is C13H24O2. The van der Waals surface area contributed by atoms with E-state index in [1.54, 1.807) is 7.11 Å². The van der Waals surface area contributed by atoms with Crippen LogP contribution in [0, 0.1) is 17.3 Å². The molecule has 0 aliphatic heterocycles. The summed E-state index contributed by atoms with van der Waals surface area (Å²) in [6, 6.07) is 0. The normalized spacial score (nSPS) is 31.9. The predicted octanol–water partition coefficient (Wildman–Crippen LogP) is 3.05. The lowest BCUT2D eigenvalue weighted by Gasteiger charge is -2.42.